The van der Waals surface area contributed by atoms with Gasteiger partial charge >= 0.3 is 0 Å². The van der Waals surface area contributed by atoms with E-state index in [9.17, 15) is 0 Å². The Hall–Kier alpha value is -0.830. The van der Waals surface area contributed by atoms with E-state index in [2.05, 4.69) is 49.5 Å². The summed E-state index contributed by atoms with van der Waals surface area (Å²) in [5, 5.41) is 0.515. The van der Waals surface area contributed by atoms with Crippen LogP contribution in [0.25, 0.3) is 0 Å². The van der Waals surface area contributed by atoms with E-state index in [4.69, 9.17) is 11.6 Å². The Balaban J connectivity index is 2.92. The minimum Gasteiger partial charge on any atom is -0.360 e. The van der Waals surface area contributed by atoms with E-state index < -0.39 is 0 Å². The molecule has 0 unspecified atom stereocenters. The third kappa shape index (κ3) is 4.45. The Morgan fingerprint density at radius 1 is 1.28 bits per heavy atom. The van der Waals surface area contributed by atoms with Crippen LogP contribution < -0.4 is 4.90 Å². The Labute approximate surface area is 116 Å². The molecular weight excluding hydrogens is 246 g/mol. The molecule has 0 fully saturated rings. The highest BCUT2D eigenvalue weighted by molar-refractivity contribution is 6.29. The van der Waals surface area contributed by atoms with Gasteiger partial charge < -0.3 is 4.90 Å². The Morgan fingerprint density at radius 3 is 2.39 bits per heavy atom. The molecule has 102 valence electrons. The smallest absolute Gasteiger partial charge is 0.137 e. The van der Waals surface area contributed by atoms with Gasteiger partial charge in [0.05, 0.1) is 0 Å². The molecule has 0 saturated carbocycles. The summed E-state index contributed by atoms with van der Waals surface area (Å²) in [5.41, 5.74) is -0.0848. The molecule has 1 heterocycles. The topological polar surface area (TPSA) is 29.0 Å². The molecule has 0 saturated heterocycles. The molecule has 0 aliphatic carbocycles. The minimum absolute atomic E-state index is 0.0848. The second kappa shape index (κ2) is 5.87. The van der Waals surface area contributed by atoms with E-state index in [0.29, 0.717) is 11.1 Å². The zero-order valence-electron chi connectivity index (χ0n) is 12.3. The molecule has 0 aliphatic rings. The van der Waals surface area contributed by atoms with Crippen molar-refractivity contribution in [2.24, 2.45) is 5.92 Å². The van der Waals surface area contributed by atoms with E-state index in [1.165, 1.54) is 0 Å². The number of aromatic nitrogens is 2. The summed E-state index contributed by atoms with van der Waals surface area (Å²) >= 11 is 6.09. The second-order valence-corrected chi connectivity index (χ2v) is 6.61. The van der Waals surface area contributed by atoms with Crippen LogP contribution in [0, 0.1) is 5.92 Å². The van der Waals surface area contributed by atoms with E-state index in [1.54, 1.807) is 0 Å². The highest BCUT2D eigenvalue weighted by Gasteiger charge is 2.19. The highest BCUT2D eigenvalue weighted by atomic mass is 35.5. The number of hydrogen-bond donors (Lipinski definition) is 0. The predicted molar refractivity (Wildman–Crippen MR) is 78.5 cm³/mol. The maximum absolute atomic E-state index is 6.09. The van der Waals surface area contributed by atoms with Gasteiger partial charge in [-0.2, -0.15) is 0 Å². The monoisotopic (exact) mass is 269 g/mol. The van der Waals surface area contributed by atoms with Gasteiger partial charge in [-0.3, -0.25) is 0 Å². The molecule has 0 N–H and O–H groups in total. The third-order valence-electron chi connectivity index (χ3n) is 2.79. The maximum Gasteiger partial charge on any atom is 0.137 e. The fraction of sp³-hybridized carbons (Fsp3) is 0.714. The molecule has 1 aromatic rings. The van der Waals surface area contributed by atoms with Gasteiger partial charge in [0, 0.05) is 25.1 Å². The van der Waals surface area contributed by atoms with Crippen molar-refractivity contribution in [2.45, 2.75) is 46.5 Å². The van der Waals surface area contributed by atoms with Gasteiger partial charge in [-0.25, -0.2) is 9.97 Å². The van der Waals surface area contributed by atoms with Crippen LogP contribution in [0.3, 0.4) is 0 Å². The van der Waals surface area contributed by atoms with Crippen LogP contribution >= 0.6 is 11.6 Å². The van der Waals surface area contributed by atoms with Gasteiger partial charge in [0.2, 0.25) is 0 Å². The zero-order valence-corrected chi connectivity index (χ0v) is 13.0. The standard InChI is InChI=1S/C14H24ClN3/c1-10(2)7-8-18(6)12-9-11(15)16-13(17-12)14(3,4)5/h9-10H,7-8H2,1-6H3. The van der Waals surface area contributed by atoms with Crippen molar-refractivity contribution in [3.63, 3.8) is 0 Å². The molecule has 0 aromatic carbocycles. The average molecular weight is 270 g/mol. The lowest BCUT2D eigenvalue weighted by atomic mass is 9.96. The SMILES string of the molecule is CC(C)CCN(C)c1cc(Cl)nc(C(C)(C)C)n1. The summed E-state index contributed by atoms with van der Waals surface area (Å²) in [7, 11) is 2.05. The van der Waals surface area contributed by atoms with Crippen LogP contribution in [0.4, 0.5) is 5.82 Å². The normalized spacial score (nSPS) is 12.0. The van der Waals surface area contributed by atoms with Crippen molar-refractivity contribution >= 4 is 17.4 Å². The summed E-state index contributed by atoms with van der Waals surface area (Å²) in [5.74, 6) is 2.38. The van der Waals surface area contributed by atoms with Crippen LogP contribution in [0.5, 0.6) is 0 Å². The van der Waals surface area contributed by atoms with Crippen molar-refractivity contribution in [1.29, 1.82) is 0 Å². The van der Waals surface area contributed by atoms with Gasteiger partial charge in [0.15, 0.2) is 0 Å². The molecule has 0 spiro atoms. The Bertz CT molecular complexity index is 397. The Morgan fingerprint density at radius 2 is 1.89 bits per heavy atom. The molecule has 1 aromatic heterocycles. The first-order valence-electron chi connectivity index (χ1n) is 6.46. The van der Waals surface area contributed by atoms with Crippen LogP contribution in [0.2, 0.25) is 5.15 Å². The molecular formula is C14H24ClN3. The molecule has 4 heteroatoms. The second-order valence-electron chi connectivity index (χ2n) is 6.23. The Kier molecular flexibility index (Phi) is 4.97. The van der Waals surface area contributed by atoms with Crippen molar-refractivity contribution < 1.29 is 0 Å². The first-order valence-corrected chi connectivity index (χ1v) is 6.84. The minimum atomic E-state index is -0.0848. The molecule has 18 heavy (non-hydrogen) atoms. The maximum atomic E-state index is 6.09. The summed E-state index contributed by atoms with van der Waals surface area (Å²) in [4.78, 5) is 11.1. The van der Waals surface area contributed by atoms with Gasteiger partial charge in [-0.05, 0) is 12.3 Å². The van der Waals surface area contributed by atoms with Crippen molar-refractivity contribution in [3.05, 3.63) is 17.0 Å². The molecule has 0 bridgehead atoms. The van der Waals surface area contributed by atoms with Crippen molar-refractivity contribution in [1.82, 2.24) is 9.97 Å². The number of halogens is 1. The molecule has 0 radical (unpaired) electrons. The lowest BCUT2D eigenvalue weighted by molar-refractivity contribution is 0.542. The lowest BCUT2D eigenvalue weighted by Gasteiger charge is -2.23. The summed E-state index contributed by atoms with van der Waals surface area (Å²) in [6.45, 7) is 11.7. The van der Waals surface area contributed by atoms with Gasteiger partial charge in [0.25, 0.3) is 0 Å². The van der Waals surface area contributed by atoms with E-state index in [0.717, 1.165) is 24.6 Å². The number of hydrogen-bond acceptors (Lipinski definition) is 3. The molecule has 0 atom stereocenters. The van der Waals surface area contributed by atoms with Crippen LogP contribution in [-0.2, 0) is 5.41 Å². The van der Waals surface area contributed by atoms with Gasteiger partial charge in [-0.1, -0.05) is 46.2 Å². The van der Waals surface area contributed by atoms with Gasteiger partial charge in [0.1, 0.15) is 16.8 Å². The van der Waals surface area contributed by atoms with Crippen LogP contribution in [0.15, 0.2) is 6.07 Å². The molecule has 0 aliphatic heterocycles. The van der Waals surface area contributed by atoms with Crippen LogP contribution in [-0.4, -0.2) is 23.6 Å². The fourth-order valence-corrected chi connectivity index (χ4v) is 1.68. The van der Waals surface area contributed by atoms with E-state index in [1.807, 2.05) is 13.1 Å². The molecule has 1 rings (SSSR count). The molecule has 3 nitrogen and oxygen atoms in total. The lowest BCUT2D eigenvalue weighted by Crippen LogP contribution is -2.24. The fourth-order valence-electron chi connectivity index (χ4n) is 1.50. The number of anilines is 1. The van der Waals surface area contributed by atoms with Crippen molar-refractivity contribution in [3.8, 4) is 0 Å². The van der Waals surface area contributed by atoms with E-state index in [-0.39, 0.29) is 5.41 Å². The third-order valence-corrected chi connectivity index (χ3v) is 2.98. The predicted octanol–water partition coefficient (Wildman–Crippen LogP) is 3.91. The quantitative estimate of drug-likeness (QED) is 0.776. The number of rotatable bonds is 4. The zero-order chi connectivity index (χ0) is 13.9. The van der Waals surface area contributed by atoms with E-state index >= 15 is 0 Å². The summed E-state index contributed by atoms with van der Waals surface area (Å²) in [6.07, 6.45) is 1.14. The first-order chi connectivity index (χ1) is 8.20. The van der Waals surface area contributed by atoms with Crippen LogP contribution in [0.1, 0.15) is 46.9 Å². The highest BCUT2D eigenvalue weighted by Crippen LogP contribution is 2.23. The number of nitrogens with zero attached hydrogens (tertiary/aromatic N) is 3. The average Bonchev–Trinajstić information content (AvgIpc) is 2.23. The first kappa shape index (κ1) is 15.2. The largest absolute Gasteiger partial charge is 0.360 e. The summed E-state index contributed by atoms with van der Waals surface area (Å²) < 4.78 is 0. The molecule has 0 amide bonds. The van der Waals surface area contributed by atoms with Crippen molar-refractivity contribution in [2.75, 3.05) is 18.5 Å². The summed E-state index contributed by atoms with van der Waals surface area (Å²) in [6, 6.07) is 1.83. The van der Waals surface area contributed by atoms with Gasteiger partial charge in [-0.15, -0.1) is 0 Å².